The summed E-state index contributed by atoms with van der Waals surface area (Å²) in [6.07, 6.45) is -5.08. The summed E-state index contributed by atoms with van der Waals surface area (Å²) in [6.45, 7) is 5.11. The molecule has 10 heteroatoms. The molecular formula is C20H24O8S2. The molecule has 0 unspecified atom stereocenters. The lowest BCUT2D eigenvalue weighted by Crippen LogP contribution is -2.50. The number of benzene rings is 2. The van der Waals surface area contributed by atoms with Crippen LogP contribution < -0.4 is 0 Å². The molecule has 1 heterocycles. The van der Waals surface area contributed by atoms with Gasteiger partial charge in [0.05, 0.1) is 15.9 Å². The van der Waals surface area contributed by atoms with E-state index in [-0.39, 0.29) is 16.2 Å². The SMILES string of the molecule is Cc1ccc(S(=O)(=O)O[C@@H]2[C@@H](OS(=O)(=O)c3ccc(C)cc3)C[C@H](O)O[C@@H]2C)cc1. The Balaban J connectivity index is 1.87. The van der Waals surface area contributed by atoms with E-state index in [2.05, 4.69) is 0 Å². The van der Waals surface area contributed by atoms with Crippen LogP contribution in [0.5, 0.6) is 0 Å². The summed E-state index contributed by atoms with van der Waals surface area (Å²) in [5, 5.41) is 9.92. The molecular weight excluding hydrogens is 432 g/mol. The minimum atomic E-state index is -4.22. The Morgan fingerprint density at radius 3 is 1.73 bits per heavy atom. The summed E-state index contributed by atoms with van der Waals surface area (Å²) >= 11 is 0. The Kier molecular flexibility index (Phi) is 6.66. The number of aliphatic hydroxyl groups is 1. The van der Waals surface area contributed by atoms with Crippen LogP contribution in [0, 0.1) is 13.8 Å². The topological polar surface area (TPSA) is 116 Å². The summed E-state index contributed by atoms with van der Waals surface area (Å²) < 4.78 is 66.7. The van der Waals surface area contributed by atoms with Gasteiger partial charge in [-0.15, -0.1) is 0 Å². The monoisotopic (exact) mass is 456 g/mol. The van der Waals surface area contributed by atoms with Crippen molar-refractivity contribution >= 4 is 20.2 Å². The fourth-order valence-corrected chi connectivity index (χ4v) is 5.33. The standard InChI is InChI=1S/C20H24O8S2/c1-13-4-8-16(9-5-13)29(22,23)27-18-12-19(21)26-15(3)20(18)28-30(24,25)17-10-6-14(2)7-11-17/h4-11,15,18-21H,12H2,1-3H3/t15-,18+,19-,20+/m1/s1. The predicted molar refractivity (Wildman–Crippen MR) is 108 cm³/mol. The Hall–Kier alpha value is -1.82. The Morgan fingerprint density at radius 1 is 0.833 bits per heavy atom. The fraction of sp³-hybridized carbons (Fsp3) is 0.400. The summed E-state index contributed by atoms with van der Waals surface area (Å²) in [7, 11) is -8.45. The minimum absolute atomic E-state index is 0.0773. The van der Waals surface area contributed by atoms with E-state index in [0.717, 1.165) is 11.1 Å². The first-order chi connectivity index (χ1) is 14.0. The predicted octanol–water partition coefficient (Wildman–Crippen LogP) is 2.28. The number of aliphatic hydroxyl groups excluding tert-OH is 1. The third-order valence-corrected chi connectivity index (χ3v) is 7.42. The van der Waals surface area contributed by atoms with Crippen molar-refractivity contribution in [1.82, 2.24) is 0 Å². The maximum atomic E-state index is 12.7. The van der Waals surface area contributed by atoms with Crippen molar-refractivity contribution in [3.05, 3.63) is 59.7 Å². The van der Waals surface area contributed by atoms with Crippen LogP contribution in [0.2, 0.25) is 0 Å². The second-order valence-electron chi connectivity index (χ2n) is 7.26. The molecule has 0 saturated carbocycles. The smallest absolute Gasteiger partial charge is 0.297 e. The maximum Gasteiger partial charge on any atom is 0.297 e. The molecule has 0 spiro atoms. The van der Waals surface area contributed by atoms with Crippen LogP contribution >= 0.6 is 0 Å². The van der Waals surface area contributed by atoms with Gasteiger partial charge in [-0.25, -0.2) is 0 Å². The highest BCUT2D eigenvalue weighted by molar-refractivity contribution is 7.87. The van der Waals surface area contributed by atoms with Gasteiger partial charge >= 0.3 is 0 Å². The Morgan fingerprint density at radius 2 is 1.27 bits per heavy atom. The molecule has 0 radical (unpaired) electrons. The molecule has 2 aromatic carbocycles. The molecule has 8 nitrogen and oxygen atoms in total. The van der Waals surface area contributed by atoms with Crippen LogP contribution in [0.4, 0.5) is 0 Å². The van der Waals surface area contributed by atoms with E-state index in [1.807, 2.05) is 13.8 Å². The minimum Gasteiger partial charge on any atom is -0.368 e. The van der Waals surface area contributed by atoms with Gasteiger partial charge in [-0.2, -0.15) is 16.8 Å². The Bertz CT molecular complexity index is 1080. The van der Waals surface area contributed by atoms with Crippen LogP contribution in [0.25, 0.3) is 0 Å². The van der Waals surface area contributed by atoms with Crippen LogP contribution in [0.15, 0.2) is 58.3 Å². The molecule has 1 saturated heterocycles. The second-order valence-corrected chi connectivity index (χ2v) is 10.4. The van der Waals surface area contributed by atoms with E-state index < -0.39 is 44.8 Å². The van der Waals surface area contributed by atoms with Gasteiger partial charge in [0.25, 0.3) is 20.2 Å². The third kappa shape index (κ3) is 5.26. The molecule has 1 aliphatic rings. The summed E-state index contributed by atoms with van der Waals surface area (Å²) in [4.78, 5) is -0.159. The summed E-state index contributed by atoms with van der Waals surface area (Å²) in [5.74, 6) is 0. The molecule has 0 bridgehead atoms. The Labute approximate surface area is 176 Å². The van der Waals surface area contributed by atoms with Gasteiger partial charge in [0, 0.05) is 6.42 Å². The van der Waals surface area contributed by atoms with Gasteiger partial charge in [-0.05, 0) is 45.0 Å². The van der Waals surface area contributed by atoms with Crippen molar-refractivity contribution < 1.29 is 35.0 Å². The molecule has 0 amide bonds. The first kappa shape index (κ1) is 22.9. The third-order valence-electron chi connectivity index (χ3n) is 4.74. The quantitative estimate of drug-likeness (QED) is 0.658. The van der Waals surface area contributed by atoms with Crippen LogP contribution in [-0.4, -0.2) is 46.5 Å². The largest absolute Gasteiger partial charge is 0.368 e. The first-order valence-electron chi connectivity index (χ1n) is 9.31. The molecule has 164 valence electrons. The van der Waals surface area contributed by atoms with Crippen molar-refractivity contribution in [2.75, 3.05) is 0 Å². The van der Waals surface area contributed by atoms with Crippen molar-refractivity contribution in [2.24, 2.45) is 0 Å². The molecule has 0 aliphatic carbocycles. The van der Waals surface area contributed by atoms with Gasteiger partial charge in [-0.3, -0.25) is 8.37 Å². The lowest BCUT2D eigenvalue weighted by Gasteiger charge is -2.37. The van der Waals surface area contributed by atoms with E-state index >= 15 is 0 Å². The van der Waals surface area contributed by atoms with Gasteiger partial charge in [0.1, 0.15) is 12.2 Å². The highest BCUT2D eigenvalue weighted by atomic mass is 32.2. The zero-order valence-electron chi connectivity index (χ0n) is 16.8. The van der Waals surface area contributed by atoms with E-state index in [1.165, 1.54) is 31.2 Å². The number of hydrogen-bond donors (Lipinski definition) is 1. The van der Waals surface area contributed by atoms with Crippen molar-refractivity contribution in [3.8, 4) is 0 Å². The van der Waals surface area contributed by atoms with Crippen LogP contribution in [0.1, 0.15) is 24.5 Å². The van der Waals surface area contributed by atoms with Gasteiger partial charge < -0.3 is 9.84 Å². The number of hydrogen-bond acceptors (Lipinski definition) is 8. The van der Waals surface area contributed by atoms with Gasteiger partial charge in [0.2, 0.25) is 0 Å². The molecule has 0 aromatic heterocycles. The van der Waals surface area contributed by atoms with Gasteiger partial charge in [0.15, 0.2) is 6.29 Å². The number of rotatable bonds is 6. The normalized spacial score (nSPS) is 25.2. The van der Waals surface area contributed by atoms with Crippen LogP contribution in [-0.2, 0) is 33.3 Å². The highest BCUT2D eigenvalue weighted by Gasteiger charge is 2.43. The lowest BCUT2D eigenvalue weighted by atomic mass is 10.0. The maximum absolute atomic E-state index is 12.7. The number of aryl methyl sites for hydroxylation is 2. The lowest BCUT2D eigenvalue weighted by molar-refractivity contribution is -0.214. The number of ether oxygens (including phenoxy) is 1. The molecule has 1 fully saturated rings. The fourth-order valence-electron chi connectivity index (χ4n) is 3.08. The molecule has 3 rings (SSSR count). The molecule has 2 aromatic rings. The summed E-state index contributed by atoms with van der Waals surface area (Å²) in [5.41, 5.74) is 1.74. The average Bonchev–Trinajstić information content (AvgIpc) is 2.65. The summed E-state index contributed by atoms with van der Waals surface area (Å²) in [6, 6.07) is 12.1. The molecule has 4 atom stereocenters. The van der Waals surface area contributed by atoms with E-state index in [9.17, 15) is 21.9 Å². The van der Waals surface area contributed by atoms with Crippen molar-refractivity contribution in [2.45, 2.75) is 61.6 Å². The first-order valence-corrected chi connectivity index (χ1v) is 12.1. The molecule has 30 heavy (non-hydrogen) atoms. The van der Waals surface area contributed by atoms with Gasteiger partial charge in [-0.1, -0.05) is 35.4 Å². The van der Waals surface area contributed by atoms with Crippen LogP contribution in [0.3, 0.4) is 0 Å². The van der Waals surface area contributed by atoms with Crippen molar-refractivity contribution in [3.63, 3.8) is 0 Å². The van der Waals surface area contributed by atoms with E-state index in [4.69, 9.17) is 13.1 Å². The second kappa shape index (κ2) is 8.74. The molecule has 1 N–H and O–H groups in total. The molecule has 1 aliphatic heterocycles. The van der Waals surface area contributed by atoms with Crippen molar-refractivity contribution in [1.29, 1.82) is 0 Å². The van der Waals surface area contributed by atoms with E-state index in [1.54, 1.807) is 24.3 Å². The highest BCUT2D eigenvalue weighted by Crippen LogP contribution is 2.30. The average molecular weight is 457 g/mol. The van der Waals surface area contributed by atoms with E-state index in [0.29, 0.717) is 0 Å². The zero-order valence-corrected chi connectivity index (χ0v) is 18.4. The zero-order chi connectivity index (χ0) is 22.1.